The van der Waals surface area contributed by atoms with E-state index in [1.165, 1.54) is 0 Å². The minimum absolute atomic E-state index is 0.0429. The third-order valence-corrected chi connectivity index (χ3v) is 3.42. The molecular formula is C15H23F. The molecule has 0 saturated carbocycles. The van der Waals surface area contributed by atoms with Gasteiger partial charge in [0.25, 0.3) is 0 Å². The maximum atomic E-state index is 13.8. The van der Waals surface area contributed by atoms with Crippen LogP contribution in [0.25, 0.3) is 0 Å². The maximum Gasteiger partial charge on any atom is 0.126 e. The van der Waals surface area contributed by atoms with Crippen LogP contribution in [-0.4, -0.2) is 0 Å². The molecule has 16 heavy (non-hydrogen) atoms. The summed E-state index contributed by atoms with van der Waals surface area (Å²) >= 11 is 0. The third kappa shape index (κ3) is 3.33. The number of rotatable bonds is 4. The number of hydrogen-bond donors (Lipinski definition) is 0. The van der Waals surface area contributed by atoms with E-state index in [4.69, 9.17) is 0 Å². The van der Waals surface area contributed by atoms with Crippen molar-refractivity contribution in [3.8, 4) is 0 Å². The molecule has 90 valence electrons. The van der Waals surface area contributed by atoms with Crippen LogP contribution >= 0.6 is 0 Å². The second-order valence-corrected chi connectivity index (χ2v) is 5.43. The van der Waals surface area contributed by atoms with Crippen molar-refractivity contribution < 1.29 is 4.39 Å². The Hall–Kier alpha value is -0.850. The van der Waals surface area contributed by atoms with E-state index in [1.807, 2.05) is 6.07 Å². The molecule has 0 radical (unpaired) electrons. The van der Waals surface area contributed by atoms with Gasteiger partial charge in [-0.15, -0.1) is 0 Å². The summed E-state index contributed by atoms with van der Waals surface area (Å²) in [5.41, 5.74) is 1.93. The summed E-state index contributed by atoms with van der Waals surface area (Å²) in [5, 5.41) is 0. The normalized spacial score (nSPS) is 13.5. The summed E-state index contributed by atoms with van der Waals surface area (Å²) in [4.78, 5) is 0. The highest BCUT2D eigenvalue weighted by Gasteiger charge is 2.12. The average molecular weight is 222 g/mol. The molecule has 1 rings (SSSR count). The highest BCUT2D eigenvalue weighted by Crippen LogP contribution is 2.22. The van der Waals surface area contributed by atoms with E-state index >= 15 is 0 Å². The zero-order chi connectivity index (χ0) is 12.3. The van der Waals surface area contributed by atoms with Crippen molar-refractivity contribution in [3.63, 3.8) is 0 Å². The molecule has 0 amide bonds. The first kappa shape index (κ1) is 13.2. The van der Waals surface area contributed by atoms with Crippen molar-refractivity contribution in [1.82, 2.24) is 0 Å². The van der Waals surface area contributed by atoms with Gasteiger partial charge >= 0.3 is 0 Å². The highest BCUT2D eigenvalue weighted by molar-refractivity contribution is 5.26. The van der Waals surface area contributed by atoms with Crippen molar-refractivity contribution in [2.24, 2.45) is 11.8 Å². The van der Waals surface area contributed by atoms with Crippen molar-refractivity contribution in [3.05, 3.63) is 35.1 Å². The minimum Gasteiger partial charge on any atom is -0.207 e. The summed E-state index contributed by atoms with van der Waals surface area (Å²) in [7, 11) is 0. The molecule has 1 aromatic rings. The molecule has 0 saturated heterocycles. The lowest BCUT2D eigenvalue weighted by molar-refractivity contribution is 0.410. The van der Waals surface area contributed by atoms with Crippen LogP contribution in [0.15, 0.2) is 18.2 Å². The van der Waals surface area contributed by atoms with Crippen LogP contribution in [0.5, 0.6) is 0 Å². The molecule has 1 unspecified atom stereocenters. The molecule has 0 nitrogen and oxygen atoms in total. The first-order valence-electron chi connectivity index (χ1n) is 6.20. The van der Waals surface area contributed by atoms with Crippen LogP contribution in [0.1, 0.15) is 51.7 Å². The molecule has 0 bridgehead atoms. The predicted octanol–water partition coefficient (Wildman–Crippen LogP) is 4.78. The van der Waals surface area contributed by atoms with Gasteiger partial charge in [0, 0.05) is 0 Å². The lowest BCUT2D eigenvalue weighted by atomic mass is 9.90. The fourth-order valence-electron chi connectivity index (χ4n) is 1.67. The summed E-state index contributed by atoms with van der Waals surface area (Å²) in [6, 6.07) is 5.69. The van der Waals surface area contributed by atoms with E-state index in [0.29, 0.717) is 17.8 Å². The van der Waals surface area contributed by atoms with Crippen LogP contribution in [-0.2, 0) is 6.42 Å². The Morgan fingerprint density at radius 3 is 2.12 bits per heavy atom. The Balaban J connectivity index is 2.83. The molecule has 0 fully saturated rings. The molecule has 1 aromatic carbocycles. The van der Waals surface area contributed by atoms with Crippen LogP contribution in [0.4, 0.5) is 4.39 Å². The van der Waals surface area contributed by atoms with Crippen molar-refractivity contribution >= 4 is 0 Å². The highest BCUT2D eigenvalue weighted by atomic mass is 19.1. The maximum absolute atomic E-state index is 13.8. The van der Waals surface area contributed by atoms with Gasteiger partial charge < -0.3 is 0 Å². The van der Waals surface area contributed by atoms with E-state index < -0.39 is 0 Å². The third-order valence-electron chi connectivity index (χ3n) is 3.42. The summed E-state index contributed by atoms with van der Waals surface area (Å²) < 4.78 is 13.8. The van der Waals surface area contributed by atoms with E-state index in [9.17, 15) is 4.39 Å². The molecule has 1 atom stereocenters. The van der Waals surface area contributed by atoms with Gasteiger partial charge in [0.15, 0.2) is 0 Å². The van der Waals surface area contributed by atoms with Crippen LogP contribution in [0, 0.1) is 17.7 Å². The molecule has 0 aromatic heterocycles. The fourth-order valence-corrected chi connectivity index (χ4v) is 1.67. The van der Waals surface area contributed by atoms with E-state index in [-0.39, 0.29) is 5.82 Å². The number of halogens is 1. The van der Waals surface area contributed by atoms with Gasteiger partial charge in [0.1, 0.15) is 5.82 Å². The van der Waals surface area contributed by atoms with E-state index in [1.54, 1.807) is 6.07 Å². The molecule has 0 heterocycles. The van der Waals surface area contributed by atoms with Gasteiger partial charge in [0.2, 0.25) is 0 Å². The molecule has 0 aliphatic heterocycles. The molecule has 1 heteroatoms. The first-order valence-corrected chi connectivity index (χ1v) is 6.20. The lowest BCUT2D eigenvalue weighted by Gasteiger charge is -2.16. The zero-order valence-electron chi connectivity index (χ0n) is 11.0. The summed E-state index contributed by atoms with van der Waals surface area (Å²) in [5.74, 6) is 1.48. The average Bonchev–Trinajstić information content (AvgIpc) is 2.20. The number of hydrogen-bond acceptors (Lipinski definition) is 0. The standard InChI is InChI=1S/C15H23F/c1-10(2)12(5)8-14-7-6-13(11(3)4)9-15(14)16/h6-7,9-12H,8H2,1-5H3. The Morgan fingerprint density at radius 2 is 1.69 bits per heavy atom. The molecule has 0 aliphatic rings. The van der Waals surface area contributed by atoms with Crippen molar-refractivity contribution in [1.29, 1.82) is 0 Å². The second kappa shape index (κ2) is 5.47. The first-order chi connectivity index (χ1) is 7.41. The minimum atomic E-state index is -0.0429. The monoisotopic (exact) mass is 222 g/mol. The summed E-state index contributed by atoms with van der Waals surface area (Å²) in [6.45, 7) is 10.7. The Labute approximate surface area is 98.9 Å². The number of benzene rings is 1. The Kier molecular flexibility index (Phi) is 4.52. The van der Waals surface area contributed by atoms with Crippen LogP contribution in [0.3, 0.4) is 0 Å². The Morgan fingerprint density at radius 1 is 1.06 bits per heavy atom. The van der Waals surface area contributed by atoms with E-state index in [2.05, 4.69) is 40.7 Å². The summed E-state index contributed by atoms with van der Waals surface area (Å²) in [6.07, 6.45) is 0.835. The lowest BCUT2D eigenvalue weighted by Crippen LogP contribution is -2.09. The van der Waals surface area contributed by atoms with E-state index in [0.717, 1.165) is 17.5 Å². The van der Waals surface area contributed by atoms with Gasteiger partial charge in [-0.1, -0.05) is 46.8 Å². The van der Waals surface area contributed by atoms with Crippen molar-refractivity contribution in [2.45, 2.75) is 47.0 Å². The predicted molar refractivity (Wildman–Crippen MR) is 68.2 cm³/mol. The largest absolute Gasteiger partial charge is 0.207 e. The topological polar surface area (TPSA) is 0 Å². The fraction of sp³-hybridized carbons (Fsp3) is 0.600. The smallest absolute Gasteiger partial charge is 0.126 e. The van der Waals surface area contributed by atoms with Gasteiger partial charge in [0.05, 0.1) is 0 Å². The molecular weight excluding hydrogens is 199 g/mol. The van der Waals surface area contributed by atoms with Crippen LogP contribution in [0.2, 0.25) is 0 Å². The second-order valence-electron chi connectivity index (χ2n) is 5.43. The van der Waals surface area contributed by atoms with Gasteiger partial charge in [-0.25, -0.2) is 4.39 Å². The van der Waals surface area contributed by atoms with Crippen molar-refractivity contribution in [2.75, 3.05) is 0 Å². The van der Waals surface area contributed by atoms with Gasteiger partial charge in [-0.3, -0.25) is 0 Å². The van der Waals surface area contributed by atoms with Gasteiger partial charge in [-0.2, -0.15) is 0 Å². The van der Waals surface area contributed by atoms with Crippen LogP contribution < -0.4 is 0 Å². The Bertz CT molecular complexity index is 339. The SMILES string of the molecule is CC(C)c1ccc(CC(C)C(C)C)c(F)c1. The molecule has 0 N–H and O–H groups in total. The molecule has 0 aliphatic carbocycles. The van der Waals surface area contributed by atoms with Gasteiger partial charge in [-0.05, 0) is 41.4 Å². The quantitative estimate of drug-likeness (QED) is 0.687. The molecule has 0 spiro atoms. The zero-order valence-corrected chi connectivity index (χ0v) is 11.0.